The number of rotatable bonds is 7. The Kier molecular flexibility index (Phi) is 5.41. The second kappa shape index (κ2) is 7.99. The standard InChI is InChI=1S/C20H27F2N7O2S/c1-2-13-9-14(23-6-8-32(30,31)28-7-4-20(21,22)12-28)10-15(13)19-27-26-17-11-25-18-16(29(17)19)3-5-24-18/h3,5,11,13-15,23-24H,2,4,6-10,12H2,1H3. The lowest BCUT2D eigenvalue weighted by Gasteiger charge is -2.18. The molecule has 0 amide bonds. The Morgan fingerprint density at radius 2 is 2.16 bits per heavy atom. The van der Waals surface area contributed by atoms with Crippen LogP contribution in [0.5, 0.6) is 0 Å². The predicted molar refractivity (Wildman–Crippen MR) is 115 cm³/mol. The van der Waals surface area contributed by atoms with Crippen molar-refractivity contribution >= 4 is 26.8 Å². The number of aromatic nitrogens is 5. The highest BCUT2D eigenvalue weighted by molar-refractivity contribution is 7.89. The van der Waals surface area contributed by atoms with Crippen LogP contribution in [-0.2, 0) is 10.0 Å². The summed E-state index contributed by atoms with van der Waals surface area (Å²) in [6.45, 7) is 1.57. The molecule has 1 saturated carbocycles. The number of nitrogens with one attached hydrogen (secondary N) is 2. The number of fused-ring (bicyclic) bond motifs is 3. The van der Waals surface area contributed by atoms with E-state index >= 15 is 0 Å². The van der Waals surface area contributed by atoms with Gasteiger partial charge in [-0.1, -0.05) is 13.3 Å². The largest absolute Gasteiger partial charge is 0.345 e. The maximum atomic E-state index is 13.4. The molecule has 3 unspecified atom stereocenters. The Bertz CT molecular complexity index is 1230. The number of sulfonamides is 1. The summed E-state index contributed by atoms with van der Waals surface area (Å²) in [4.78, 5) is 7.49. The summed E-state index contributed by atoms with van der Waals surface area (Å²) in [7, 11) is -3.69. The second-order valence-electron chi connectivity index (χ2n) is 8.87. The minimum Gasteiger partial charge on any atom is -0.345 e. The van der Waals surface area contributed by atoms with E-state index in [9.17, 15) is 17.2 Å². The van der Waals surface area contributed by atoms with E-state index in [1.807, 2.05) is 16.7 Å². The van der Waals surface area contributed by atoms with E-state index < -0.39 is 28.9 Å². The van der Waals surface area contributed by atoms with Crippen LogP contribution in [-0.4, -0.2) is 74.6 Å². The lowest BCUT2D eigenvalue weighted by molar-refractivity contribution is 0.0183. The molecule has 12 heteroatoms. The van der Waals surface area contributed by atoms with Gasteiger partial charge in [0.05, 0.1) is 24.0 Å². The van der Waals surface area contributed by atoms with E-state index in [0.717, 1.165) is 40.6 Å². The van der Waals surface area contributed by atoms with Crippen molar-refractivity contribution in [1.82, 2.24) is 34.2 Å². The first-order chi connectivity index (χ1) is 15.3. The van der Waals surface area contributed by atoms with E-state index in [2.05, 4.69) is 32.4 Å². The molecule has 2 fully saturated rings. The van der Waals surface area contributed by atoms with Crippen LogP contribution in [0.4, 0.5) is 8.78 Å². The van der Waals surface area contributed by atoms with Crippen molar-refractivity contribution in [3.63, 3.8) is 0 Å². The molecule has 2 aliphatic rings. The average molecular weight is 468 g/mol. The van der Waals surface area contributed by atoms with E-state index in [4.69, 9.17) is 0 Å². The molecule has 3 aromatic rings. The first-order valence-corrected chi connectivity index (χ1v) is 12.6. The van der Waals surface area contributed by atoms with Crippen LogP contribution in [0.25, 0.3) is 16.8 Å². The molecule has 4 heterocycles. The maximum absolute atomic E-state index is 13.4. The fourth-order valence-electron chi connectivity index (χ4n) is 5.16. The van der Waals surface area contributed by atoms with Crippen molar-refractivity contribution in [2.45, 2.75) is 50.5 Å². The number of halogens is 2. The van der Waals surface area contributed by atoms with E-state index in [1.165, 1.54) is 0 Å². The van der Waals surface area contributed by atoms with Gasteiger partial charge >= 0.3 is 0 Å². The Hall–Kier alpha value is -2.18. The Labute approximate surface area is 184 Å². The Morgan fingerprint density at radius 1 is 1.31 bits per heavy atom. The Morgan fingerprint density at radius 3 is 2.91 bits per heavy atom. The molecule has 0 spiro atoms. The summed E-state index contributed by atoms with van der Waals surface area (Å²) in [5.74, 6) is -1.63. The zero-order valence-electron chi connectivity index (χ0n) is 17.8. The third-order valence-corrected chi connectivity index (χ3v) is 8.66. The first-order valence-electron chi connectivity index (χ1n) is 11.0. The van der Waals surface area contributed by atoms with Crippen LogP contribution >= 0.6 is 0 Å². The average Bonchev–Trinajstić information content (AvgIpc) is 3.51. The summed E-state index contributed by atoms with van der Waals surface area (Å²) < 4.78 is 54.6. The highest BCUT2D eigenvalue weighted by Crippen LogP contribution is 2.41. The number of alkyl halides is 2. The zero-order valence-corrected chi connectivity index (χ0v) is 18.7. The van der Waals surface area contributed by atoms with Gasteiger partial charge in [0.2, 0.25) is 10.0 Å². The lowest BCUT2D eigenvalue weighted by Crippen LogP contribution is -2.38. The van der Waals surface area contributed by atoms with Gasteiger partial charge < -0.3 is 10.3 Å². The Balaban J connectivity index is 1.27. The van der Waals surface area contributed by atoms with Crippen molar-refractivity contribution < 1.29 is 17.2 Å². The molecule has 2 N–H and O–H groups in total. The van der Waals surface area contributed by atoms with E-state index in [1.54, 1.807) is 6.20 Å². The van der Waals surface area contributed by atoms with Crippen LogP contribution in [0.3, 0.4) is 0 Å². The van der Waals surface area contributed by atoms with Crippen molar-refractivity contribution in [3.8, 4) is 0 Å². The third kappa shape index (κ3) is 3.88. The van der Waals surface area contributed by atoms with Gasteiger partial charge in [0.15, 0.2) is 11.3 Å². The molecule has 1 aliphatic heterocycles. The first kappa shape index (κ1) is 21.7. The monoisotopic (exact) mass is 467 g/mol. The minimum atomic E-state index is -3.69. The topological polar surface area (TPSA) is 108 Å². The van der Waals surface area contributed by atoms with Crippen molar-refractivity contribution in [1.29, 1.82) is 0 Å². The van der Waals surface area contributed by atoms with Gasteiger partial charge in [-0.05, 0) is 24.8 Å². The van der Waals surface area contributed by atoms with Crippen molar-refractivity contribution in [3.05, 3.63) is 24.3 Å². The molecule has 0 bridgehead atoms. The molecule has 3 atom stereocenters. The van der Waals surface area contributed by atoms with E-state index in [-0.39, 0.29) is 30.8 Å². The molecule has 0 aromatic carbocycles. The molecule has 1 aliphatic carbocycles. The lowest BCUT2D eigenvalue weighted by atomic mass is 9.93. The summed E-state index contributed by atoms with van der Waals surface area (Å²) in [6.07, 6.45) is 5.83. The van der Waals surface area contributed by atoms with Gasteiger partial charge in [-0.25, -0.2) is 22.2 Å². The number of hydrogen-bond donors (Lipinski definition) is 2. The fraction of sp³-hybridized carbons (Fsp3) is 0.650. The summed E-state index contributed by atoms with van der Waals surface area (Å²) in [6, 6.07) is 2.09. The zero-order chi connectivity index (χ0) is 22.5. The van der Waals surface area contributed by atoms with Crippen molar-refractivity contribution in [2.75, 3.05) is 25.4 Å². The molecule has 0 radical (unpaired) electrons. The third-order valence-electron chi connectivity index (χ3n) is 6.84. The molecule has 174 valence electrons. The van der Waals surface area contributed by atoms with Gasteiger partial charge in [-0.3, -0.25) is 4.40 Å². The van der Waals surface area contributed by atoms with Gasteiger partial charge in [0, 0.05) is 37.7 Å². The number of nitrogens with zero attached hydrogens (tertiary/aromatic N) is 5. The molecule has 32 heavy (non-hydrogen) atoms. The second-order valence-corrected chi connectivity index (χ2v) is 11.0. The van der Waals surface area contributed by atoms with Crippen LogP contribution < -0.4 is 5.32 Å². The number of hydrogen-bond acceptors (Lipinski definition) is 6. The quantitative estimate of drug-likeness (QED) is 0.551. The van der Waals surface area contributed by atoms with Crippen LogP contribution in [0, 0.1) is 5.92 Å². The number of aromatic amines is 1. The van der Waals surface area contributed by atoms with Crippen LogP contribution in [0.2, 0.25) is 0 Å². The normalized spacial score (nSPS) is 26.5. The van der Waals surface area contributed by atoms with Gasteiger partial charge in [-0.15, -0.1) is 10.2 Å². The molecular formula is C20H27F2N7O2S. The number of H-pyrrole nitrogens is 1. The van der Waals surface area contributed by atoms with Gasteiger partial charge in [0.1, 0.15) is 5.82 Å². The summed E-state index contributed by atoms with van der Waals surface area (Å²) >= 11 is 0. The summed E-state index contributed by atoms with van der Waals surface area (Å²) in [5.41, 5.74) is 2.41. The molecule has 1 saturated heterocycles. The highest BCUT2D eigenvalue weighted by Gasteiger charge is 2.43. The maximum Gasteiger partial charge on any atom is 0.262 e. The van der Waals surface area contributed by atoms with Gasteiger partial charge in [-0.2, -0.15) is 4.31 Å². The van der Waals surface area contributed by atoms with Gasteiger partial charge in [0.25, 0.3) is 5.92 Å². The molecular weight excluding hydrogens is 440 g/mol. The molecule has 9 nitrogen and oxygen atoms in total. The predicted octanol–water partition coefficient (Wildman–Crippen LogP) is 2.14. The minimum absolute atomic E-state index is 0.110. The van der Waals surface area contributed by atoms with Crippen LogP contribution in [0.1, 0.15) is 44.3 Å². The van der Waals surface area contributed by atoms with E-state index in [0.29, 0.717) is 11.6 Å². The summed E-state index contributed by atoms with van der Waals surface area (Å²) in [5, 5.41) is 12.1. The SMILES string of the molecule is CCC1CC(NCCS(=O)(=O)N2CCC(F)(F)C2)CC1c1nnc2cnc3[nH]ccc3n12. The smallest absolute Gasteiger partial charge is 0.262 e. The van der Waals surface area contributed by atoms with Crippen LogP contribution in [0.15, 0.2) is 18.5 Å². The fourth-order valence-corrected chi connectivity index (χ4v) is 6.55. The molecule has 5 rings (SSSR count). The van der Waals surface area contributed by atoms with Crippen molar-refractivity contribution in [2.24, 2.45) is 5.92 Å². The molecule has 3 aromatic heterocycles. The highest BCUT2D eigenvalue weighted by atomic mass is 32.2.